The zero-order chi connectivity index (χ0) is 14.5. The molecule has 1 saturated heterocycles. The van der Waals surface area contributed by atoms with E-state index in [0.29, 0.717) is 12.5 Å². The van der Waals surface area contributed by atoms with Gasteiger partial charge in [0.2, 0.25) is 5.91 Å². The third kappa shape index (κ3) is 3.81. The number of nitrogens with one attached hydrogen (secondary N) is 1. The number of thiophene rings is 1. The van der Waals surface area contributed by atoms with E-state index in [1.807, 2.05) is 11.8 Å². The van der Waals surface area contributed by atoms with Crippen LogP contribution in [0.2, 0.25) is 0 Å². The zero-order valence-electron chi connectivity index (χ0n) is 12.5. The minimum Gasteiger partial charge on any atom is -0.381 e. The maximum absolute atomic E-state index is 12.2. The van der Waals surface area contributed by atoms with E-state index in [0.717, 1.165) is 19.6 Å². The Morgan fingerprint density at radius 2 is 2.30 bits per heavy atom. The van der Waals surface area contributed by atoms with Crippen LogP contribution in [0.25, 0.3) is 0 Å². The van der Waals surface area contributed by atoms with Crippen molar-refractivity contribution in [2.45, 2.75) is 39.4 Å². The molecule has 1 fully saturated rings. The van der Waals surface area contributed by atoms with E-state index < -0.39 is 0 Å². The fourth-order valence-electron chi connectivity index (χ4n) is 2.38. The molecule has 2 heterocycles. The van der Waals surface area contributed by atoms with Gasteiger partial charge in [-0.05, 0) is 41.7 Å². The van der Waals surface area contributed by atoms with Gasteiger partial charge in [0.25, 0.3) is 0 Å². The first-order valence-corrected chi connectivity index (χ1v) is 8.20. The number of rotatable bonds is 7. The third-order valence-electron chi connectivity index (χ3n) is 3.37. The summed E-state index contributed by atoms with van der Waals surface area (Å²) in [5.41, 5.74) is 1.18. The lowest BCUT2D eigenvalue weighted by Crippen LogP contribution is -2.32. The Kier molecular flexibility index (Phi) is 5.57. The monoisotopic (exact) mass is 296 g/mol. The van der Waals surface area contributed by atoms with Crippen molar-refractivity contribution < 1.29 is 9.53 Å². The maximum atomic E-state index is 12.2. The van der Waals surface area contributed by atoms with Crippen LogP contribution in [0.4, 0.5) is 0 Å². The Labute approximate surface area is 125 Å². The van der Waals surface area contributed by atoms with Crippen LogP contribution in [0.5, 0.6) is 0 Å². The summed E-state index contributed by atoms with van der Waals surface area (Å²) in [6.45, 7) is 8.46. The topological polar surface area (TPSA) is 41.6 Å². The van der Waals surface area contributed by atoms with Gasteiger partial charge in [-0.15, -0.1) is 0 Å². The Balaban J connectivity index is 1.85. The fraction of sp³-hybridized carbons (Fsp3) is 0.667. The van der Waals surface area contributed by atoms with Crippen LogP contribution in [-0.4, -0.2) is 36.6 Å². The van der Waals surface area contributed by atoms with Gasteiger partial charge in [0, 0.05) is 19.8 Å². The molecule has 0 spiro atoms. The van der Waals surface area contributed by atoms with E-state index in [4.69, 9.17) is 4.74 Å². The molecule has 0 saturated carbocycles. The van der Waals surface area contributed by atoms with Gasteiger partial charge in [0.1, 0.15) is 6.17 Å². The number of carbonyl (C=O) groups excluding carboxylic acids is 1. The van der Waals surface area contributed by atoms with Crippen molar-refractivity contribution in [2.75, 3.05) is 19.8 Å². The molecule has 1 amide bonds. The van der Waals surface area contributed by atoms with Crippen molar-refractivity contribution in [3.8, 4) is 0 Å². The lowest BCUT2D eigenvalue weighted by molar-refractivity contribution is -0.130. The lowest BCUT2D eigenvalue weighted by Gasteiger charge is -2.23. The number of ether oxygens (including phenoxy) is 1. The van der Waals surface area contributed by atoms with E-state index in [1.54, 1.807) is 11.3 Å². The molecule has 2 atom stereocenters. The van der Waals surface area contributed by atoms with E-state index >= 15 is 0 Å². The molecule has 1 aliphatic rings. The Hall–Kier alpha value is -0.910. The maximum Gasteiger partial charge on any atom is 0.241 e. The molecule has 1 aliphatic heterocycles. The average molecular weight is 296 g/mol. The van der Waals surface area contributed by atoms with E-state index in [1.165, 1.54) is 5.56 Å². The highest BCUT2D eigenvalue weighted by Crippen LogP contribution is 2.26. The molecule has 1 aromatic rings. The van der Waals surface area contributed by atoms with Crippen LogP contribution < -0.4 is 5.32 Å². The first-order valence-electron chi connectivity index (χ1n) is 7.26. The summed E-state index contributed by atoms with van der Waals surface area (Å²) in [4.78, 5) is 14.1. The molecule has 2 rings (SSSR count). The smallest absolute Gasteiger partial charge is 0.241 e. The highest BCUT2D eigenvalue weighted by atomic mass is 32.1. The molecule has 0 radical (unpaired) electrons. The number of amides is 1. The standard InChI is InChI=1S/C15H24N2O2S/c1-11(2)9-19-7-4-6-17-14(13-5-8-20-10-13)16-12(3)15(17)18/h5,8,10-12,14,16H,4,6-7,9H2,1-3H3. The molecule has 0 aliphatic carbocycles. The first kappa shape index (κ1) is 15.5. The molecule has 4 nitrogen and oxygen atoms in total. The molecule has 5 heteroatoms. The van der Waals surface area contributed by atoms with Crippen LogP contribution in [0, 0.1) is 5.92 Å². The zero-order valence-corrected chi connectivity index (χ0v) is 13.3. The van der Waals surface area contributed by atoms with Crippen LogP contribution in [-0.2, 0) is 9.53 Å². The fourth-order valence-corrected chi connectivity index (χ4v) is 3.05. The molecular formula is C15H24N2O2S. The summed E-state index contributed by atoms with van der Waals surface area (Å²) in [6, 6.07) is 1.98. The molecule has 20 heavy (non-hydrogen) atoms. The van der Waals surface area contributed by atoms with Crippen molar-refractivity contribution in [1.29, 1.82) is 0 Å². The van der Waals surface area contributed by atoms with Gasteiger partial charge in [0.15, 0.2) is 0 Å². The second-order valence-corrected chi connectivity index (χ2v) is 6.48. The minimum atomic E-state index is -0.100. The van der Waals surface area contributed by atoms with E-state index in [-0.39, 0.29) is 18.1 Å². The summed E-state index contributed by atoms with van der Waals surface area (Å²) < 4.78 is 5.59. The van der Waals surface area contributed by atoms with E-state index in [9.17, 15) is 4.79 Å². The van der Waals surface area contributed by atoms with Gasteiger partial charge in [-0.2, -0.15) is 11.3 Å². The van der Waals surface area contributed by atoms with Crippen molar-refractivity contribution in [3.05, 3.63) is 22.4 Å². The average Bonchev–Trinajstić information content (AvgIpc) is 3.01. The number of nitrogens with zero attached hydrogens (tertiary/aromatic N) is 1. The number of hydrogen-bond acceptors (Lipinski definition) is 4. The SMILES string of the molecule is CC(C)COCCCN1C(=O)C(C)NC1c1ccsc1. The predicted octanol–water partition coefficient (Wildman–Crippen LogP) is 2.63. The lowest BCUT2D eigenvalue weighted by atomic mass is 10.2. The van der Waals surface area contributed by atoms with Gasteiger partial charge >= 0.3 is 0 Å². The Morgan fingerprint density at radius 1 is 1.50 bits per heavy atom. The quantitative estimate of drug-likeness (QED) is 0.787. The summed E-state index contributed by atoms with van der Waals surface area (Å²) in [6.07, 6.45) is 0.905. The van der Waals surface area contributed by atoms with Gasteiger partial charge in [-0.3, -0.25) is 10.1 Å². The molecule has 1 aromatic heterocycles. The molecule has 112 valence electrons. The largest absolute Gasteiger partial charge is 0.381 e. The van der Waals surface area contributed by atoms with Gasteiger partial charge < -0.3 is 9.64 Å². The molecular weight excluding hydrogens is 272 g/mol. The molecule has 1 N–H and O–H groups in total. The van der Waals surface area contributed by atoms with Crippen LogP contribution in [0.15, 0.2) is 16.8 Å². The molecule has 0 aromatic carbocycles. The number of carbonyl (C=O) groups is 1. The van der Waals surface area contributed by atoms with Crippen LogP contribution in [0.1, 0.15) is 38.9 Å². The Morgan fingerprint density at radius 3 is 2.95 bits per heavy atom. The van der Waals surface area contributed by atoms with Gasteiger partial charge in [-0.1, -0.05) is 13.8 Å². The second-order valence-electron chi connectivity index (χ2n) is 5.70. The van der Waals surface area contributed by atoms with Crippen LogP contribution in [0.3, 0.4) is 0 Å². The summed E-state index contributed by atoms with van der Waals surface area (Å²) >= 11 is 1.66. The summed E-state index contributed by atoms with van der Waals surface area (Å²) in [5, 5.41) is 7.51. The van der Waals surface area contributed by atoms with Crippen molar-refractivity contribution in [3.63, 3.8) is 0 Å². The van der Waals surface area contributed by atoms with Crippen LogP contribution >= 0.6 is 11.3 Å². The highest BCUT2D eigenvalue weighted by molar-refractivity contribution is 7.07. The molecule has 0 bridgehead atoms. The Bertz CT molecular complexity index is 420. The van der Waals surface area contributed by atoms with Crippen molar-refractivity contribution in [2.24, 2.45) is 5.92 Å². The summed E-state index contributed by atoms with van der Waals surface area (Å²) in [5.74, 6) is 0.744. The summed E-state index contributed by atoms with van der Waals surface area (Å²) in [7, 11) is 0. The minimum absolute atomic E-state index is 0.0221. The van der Waals surface area contributed by atoms with Gasteiger partial charge in [0.05, 0.1) is 6.04 Å². The molecule has 2 unspecified atom stereocenters. The van der Waals surface area contributed by atoms with Gasteiger partial charge in [-0.25, -0.2) is 0 Å². The first-order chi connectivity index (χ1) is 9.59. The highest BCUT2D eigenvalue weighted by Gasteiger charge is 2.36. The second kappa shape index (κ2) is 7.20. The van der Waals surface area contributed by atoms with E-state index in [2.05, 4.69) is 36.0 Å². The van der Waals surface area contributed by atoms with Crippen molar-refractivity contribution >= 4 is 17.2 Å². The normalized spacial score (nSPS) is 23.0. The predicted molar refractivity (Wildman–Crippen MR) is 81.6 cm³/mol. The van der Waals surface area contributed by atoms with Crippen molar-refractivity contribution in [1.82, 2.24) is 10.2 Å². The third-order valence-corrected chi connectivity index (χ3v) is 4.07. The number of hydrogen-bond donors (Lipinski definition) is 1.